The van der Waals surface area contributed by atoms with Gasteiger partial charge in [-0.1, -0.05) is 12.1 Å². The van der Waals surface area contributed by atoms with Gasteiger partial charge in [-0.2, -0.15) is 17.0 Å². The number of hydrogen-bond donors (Lipinski definition) is 1. The first-order valence-corrected chi connectivity index (χ1v) is 6.76. The third-order valence-electron chi connectivity index (χ3n) is 2.23. The number of esters is 1. The van der Waals surface area contributed by atoms with Gasteiger partial charge >= 0.3 is 5.97 Å². The molecule has 0 aromatic heterocycles. The lowest BCUT2D eigenvalue weighted by Crippen LogP contribution is -2.15. The number of methoxy groups -OCH3 is 1. The highest BCUT2D eigenvalue weighted by atomic mass is 32.2. The number of thioether (sulfide) groups is 1. The fourth-order valence-corrected chi connectivity index (χ4v) is 2.01. The molecule has 1 N–H and O–H groups in total. The van der Waals surface area contributed by atoms with Crippen LogP contribution in [0.5, 0.6) is 0 Å². The lowest BCUT2D eigenvalue weighted by molar-refractivity contribution is -0.140. The summed E-state index contributed by atoms with van der Waals surface area (Å²) < 4.78 is 4.49. The molecule has 1 aromatic carbocycles. The van der Waals surface area contributed by atoms with Crippen LogP contribution in [0, 0.1) is 11.3 Å². The Bertz CT molecular complexity index is 497. The number of nitrogens with one attached hydrogen (secondary N) is 1. The number of hydrogen-bond acceptors (Lipinski definition) is 5. The fraction of sp³-hybridized carbons (Fsp3) is 0.308. The number of amides is 1. The van der Waals surface area contributed by atoms with Crippen molar-refractivity contribution in [3.63, 3.8) is 0 Å². The van der Waals surface area contributed by atoms with Gasteiger partial charge in [-0.05, 0) is 12.1 Å². The van der Waals surface area contributed by atoms with E-state index >= 15 is 0 Å². The van der Waals surface area contributed by atoms with Gasteiger partial charge in [-0.15, -0.1) is 0 Å². The molecule has 0 aliphatic rings. The minimum atomic E-state index is -0.289. The van der Waals surface area contributed by atoms with Gasteiger partial charge in [0.15, 0.2) is 0 Å². The number of rotatable bonds is 6. The molecule has 0 aliphatic carbocycles. The lowest BCUT2D eigenvalue weighted by atomic mass is 10.2. The van der Waals surface area contributed by atoms with Crippen LogP contribution < -0.4 is 5.32 Å². The summed E-state index contributed by atoms with van der Waals surface area (Å²) in [6, 6.07) is 8.81. The van der Waals surface area contributed by atoms with Gasteiger partial charge in [0.1, 0.15) is 6.07 Å². The second-order valence-electron chi connectivity index (χ2n) is 3.58. The molecular formula is C13H14N2O3S. The molecule has 0 spiro atoms. The van der Waals surface area contributed by atoms with Crippen molar-refractivity contribution in [3.05, 3.63) is 29.8 Å². The van der Waals surface area contributed by atoms with Crippen molar-refractivity contribution in [1.29, 1.82) is 5.26 Å². The Hall–Kier alpha value is -2.00. The van der Waals surface area contributed by atoms with Crippen molar-refractivity contribution in [2.45, 2.75) is 6.42 Å². The number of para-hydroxylation sites is 1. The van der Waals surface area contributed by atoms with Crippen LogP contribution in [0.15, 0.2) is 24.3 Å². The first kappa shape index (κ1) is 15.1. The Kier molecular flexibility index (Phi) is 6.47. The molecule has 1 rings (SSSR count). The van der Waals surface area contributed by atoms with Crippen molar-refractivity contribution in [2.24, 2.45) is 0 Å². The minimum absolute atomic E-state index is 0.197. The summed E-state index contributed by atoms with van der Waals surface area (Å²) in [5.41, 5.74) is 0.930. The van der Waals surface area contributed by atoms with Crippen LogP contribution in [-0.4, -0.2) is 30.5 Å². The van der Waals surface area contributed by atoms with Gasteiger partial charge in [-0.3, -0.25) is 9.59 Å². The molecule has 0 radical (unpaired) electrons. The van der Waals surface area contributed by atoms with E-state index in [-0.39, 0.29) is 24.1 Å². The Morgan fingerprint density at radius 2 is 2.16 bits per heavy atom. The fourth-order valence-electron chi connectivity index (χ4n) is 1.30. The largest absolute Gasteiger partial charge is 0.469 e. The predicted molar refractivity (Wildman–Crippen MR) is 73.7 cm³/mol. The standard InChI is InChI=1S/C13H14N2O3S/c1-18-13(17)6-7-19-9-12(16)15-11-5-3-2-4-10(11)8-14/h2-5H,6-7,9H2,1H3,(H,15,16). The maximum absolute atomic E-state index is 11.6. The highest BCUT2D eigenvalue weighted by Gasteiger charge is 2.07. The van der Waals surface area contributed by atoms with Gasteiger partial charge < -0.3 is 10.1 Å². The van der Waals surface area contributed by atoms with Gasteiger partial charge in [0, 0.05) is 5.75 Å². The Labute approximate surface area is 115 Å². The molecular weight excluding hydrogens is 264 g/mol. The van der Waals surface area contributed by atoms with E-state index in [2.05, 4.69) is 10.1 Å². The summed E-state index contributed by atoms with van der Waals surface area (Å²) in [6.07, 6.45) is 0.281. The van der Waals surface area contributed by atoms with Crippen LogP contribution in [-0.2, 0) is 14.3 Å². The molecule has 100 valence electrons. The number of carbonyl (C=O) groups excluding carboxylic acids is 2. The molecule has 0 atom stereocenters. The summed E-state index contributed by atoms with van der Waals surface area (Å²) >= 11 is 1.34. The van der Waals surface area contributed by atoms with E-state index in [9.17, 15) is 9.59 Å². The van der Waals surface area contributed by atoms with Crippen LogP contribution >= 0.6 is 11.8 Å². The number of ether oxygens (including phenoxy) is 1. The monoisotopic (exact) mass is 278 g/mol. The quantitative estimate of drug-likeness (QED) is 0.634. The van der Waals surface area contributed by atoms with Gasteiger partial charge in [0.05, 0.1) is 30.5 Å². The van der Waals surface area contributed by atoms with E-state index in [0.717, 1.165) is 0 Å². The Morgan fingerprint density at radius 3 is 2.84 bits per heavy atom. The molecule has 0 saturated carbocycles. The first-order chi connectivity index (χ1) is 9.17. The molecule has 0 bridgehead atoms. The zero-order chi connectivity index (χ0) is 14.1. The van der Waals surface area contributed by atoms with Crippen molar-refractivity contribution >= 4 is 29.3 Å². The van der Waals surface area contributed by atoms with Gasteiger partial charge in [0.25, 0.3) is 0 Å². The van der Waals surface area contributed by atoms with Crippen molar-refractivity contribution in [3.8, 4) is 6.07 Å². The summed E-state index contributed by atoms with van der Waals surface area (Å²) in [5, 5.41) is 11.5. The smallest absolute Gasteiger partial charge is 0.306 e. The zero-order valence-electron chi connectivity index (χ0n) is 10.5. The first-order valence-electron chi connectivity index (χ1n) is 5.61. The molecule has 0 unspecified atom stereocenters. The molecule has 6 heteroatoms. The van der Waals surface area contributed by atoms with Crippen molar-refractivity contribution in [2.75, 3.05) is 23.9 Å². The van der Waals surface area contributed by atoms with E-state index in [1.807, 2.05) is 6.07 Å². The van der Waals surface area contributed by atoms with Crippen LogP contribution in [0.3, 0.4) is 0 Å². The highest BCUT2D eigenvalue weighted by molar-refractivity contribution is 7.99. The summed E-state index contributed by atoms with van der Waals surface area (Å²) in [4.78, 5) is 22.5. The second-order valence-corrected chi connectivity index (χ2v) is 4.69. The van der Waals surface area contributed by atoms with E-state index in [4.69, 9.17) is 5.26 Å². The third kappa shape index (κ3) is 5.44. The molecule has 0 heterocycles. The second kappa shape index (κ2) is 8.16. The maximum Gasteiger partial charge on any atom is 0.306 e. The molecule has 5 nitrogen and oxygen atoms in total. The minimum Gasteiger partial charge on any atom is -0.469 e. The van der Waals surface area contributed by atoms with Crippen LogP contribution in [0.1, 0.15) is 12.0 Å². The lowest BCUT2D eigenvalue weighted by Gasteiger charge is -2.06. The number of anilines is 1. The maximum atomic E-state index is 11.6. The van der Waals surface area contributed by atoms with E-state index in [0.29, 0.717) is 17.0 Å². The molecule has 19 heavy (non-hydrogen) atoms. The molecule has 0 aliphatic heterocycles. The Morgan fingerprint density at radius 1 is 1.42 bits per heavy atom. The SMILES string of the molecule is COC(=O)CCSCC(=O)Nc1ccccc1C#N. The number of carbonyl (C=O) groups is 2. The summed E-state index contributed by atoms with van der Waals surface area (Å²) in [5.74, 6) is 0.275. The van der Waals surface area contributed by atoms with Crippen molar-refractivity contribution < 1.29 is 14.3 Å². The predicted octanol–water partition coefficient (Wildman–Crippen LogP) is 1.79. The number of nitriles is 1. The highest BCUT2D eigenvalue weighted by Crippen LogP contribution is 2.14. The molecule has 0 saturated heterocycles. The number of nitrogens with zero attached hydrogens (tertiary/aromatic N) is 1. The molecule has 1 amide bonds. The van der Waals surface area contributed by atoms with Gasteiger partial charge in [-0.25, -0.2) is 0 Å². The topological polar surface area (TPSA) is 79.2 Å². The van der Waals surface area contributed by atoms with E-state index in [1.165, 1.54) is 18.9 Å². The third-order valence-corrected chi connectivity index (χ3v) is 3.19. The van der Waals surface area contributed by atoms with Crippen molar-refractivity contribution in [1.82, 2.24) is 0 Å². The molecule has 0 fully saturated rings. The van der Waals surface area contributed by atoms with Crippen LogP contribution in [0.2, 0.25) is 0 Å². The average Bonchev–Trinajstić information content (AvgIpc) is 2.43. The Balaban J connectivity index is 2.36. The van der Waals surface area contributed by atoms with Crippen LogP contribution in [0.25, 0.3) is 0 Å². The number of benzene rings is 1. The van der Waals surface area contributed by atoms with Gasteiger partial charge in [0.2, 0.25) is 5.91 Å². The van der Waals surface area contributed by atoms with E-state index in [1.54, 1.807) is 24.3 Å². The average molecular weight is 278 g/mol. The summed E-state index contributed by atoms with van der Waals surface area (Å²) in [6.45, 7) is 0. The van der Waals surface area contributed by atoms with E-state index < -0.39 is 0 Å². The molecule has 1 aromatic rings. The zero-order valence-corrected chi connectivity index (χ0v) is 11.3. The van der Waals surface area contributed by atoms with Crippen LogP contribution in [0.4, 0.5) is 5.69 Å². The normalized spacial score (nSPS) is 9.47. The summed E-state index contributed by atoms with van der Waals surface area (Å²) in [7, 11) is 1.33.